The molecule has 0 aromatic heterocycles. The minimum absolute atomic E-state index is 0.360. The Morgan fingerprint density at radius 3 is 2.28 bits per heavy atom. The second-order valence-corrected chi connectivity index (χ2v) is 4.56. The lowest BCUT2D eigenvalue weighted by atomic mass is 9.89. The summed E-state index contributed by atoms with van der Waals surface area (Å²) in [5.74, 6) is -1.53. The third-order valence-corrected chi connectivity index (χ3v) is 2.66. The largest absolute Gasteiger partial charge is 0.389 e. The maximum absolute atomic E-state index is 12.0. The molecule has 0 bridgehead atoms. The van der Waals surface area contributed by atoms with E-state index in [1.165, 1.54) is 13.8 Å². The van der Waals surface area contributed by atoms with E-state index in [9.17, 15) is 27.6 Å². The van der Waals surface area contributed by atoms with Crippen LogP contribution >= 0.6 is 0 Å². The number of nitrogens with one attached hydrogen (secondary N) is 1. The van der Waals surface area contributed by atoms with Gasteiger partial charge >= 0.3 is 12.2 Å². The highest BCUT2D eigenvalue weighted by Crippen LogP contribution is 2.25. The van der Waals surface area contributed by atoms with Gasteiger partial charge in [0.2, 0.25) is 11.8 Å². The van der Waals surface area contributed by atoms with E-state index in [0.717, 1.165) is 0 Å². The van der Waals surface area contributed by atoms with Crippen molar-refractivity contribution in [2.75, 3.05) is 6.54 Å². The number of halogens is 3. The lowest BCUT2D eigenvalue weighted by molar-refractivity contribution is -0.151. The normalized spacial score (nSPS) is 20.1. The van der Waals surface area contributed by atoms with Crippen LogP contribution in [0.5, 0.6) is 0 Å². The van der Waals surface area contributed by atoms with E-state index in [4.69, 9.17) is 0 Å². The molecule has 1 heterocycles. The first-order valence-corrected chi connectivity index (χ1v) is 5.30. The smallest absolute Gasteiger partial charge is 0.277 e. The standard InChI is InChI=1S/C10H13F3N2O3/c1-9(2)6(16)14-8(18)15(7(9)17)5-3-4-10(11,12)13/h3-5H2,1-2H3,(H,14,16,18). The maximum atomic E-state index is 12.0. The van der Waals surface area contributed by atoms with Gasteiger partial charge in [-0.15, -0.1) is 0 Å². The predicted molar refractivity (Wildman–Crippen MR) is 54.3 cm³/mol. The van der Waals surface area contributed by atoms with Gasteiger partial charge in [-0.2, -0.15) is 13.2 Å². The van der Waals surface area contributed by atoms with Gasteiger partial charge in [0.25, 0.3) is 0 Å². The van der Waals surface area contributed by atoms with Crippen LogP contribution in [0.3, 0.4) is 0 Å². The van der Waals surface area contributed by atoms with E-state index in [-0.39, 0.29) is 13.0 Å². The molecule has 0 radical (unpaired) electrons. The minimum Gasteiger partial charge on any atom is -0.277 e. The molecule has 1 aliphatic heterocycles. The summed E-state index contributed by atoms with van der Waals surface area (Å²) in [6.45, 7) is 2.27. The molecule has 0 unspecified atom stereocenters. The third-order valence-electron chi connectivity index (χ3n) is 2.66. The topological polar surface area (TPSA) is 66.5 Å². The van der Waals surface area contributed by atoms with Gasteiger partial charge in [0.1, 0.15) is 5.41 Å². The predicted octanol–water partition coefficient (Wildman–Crippen LogP) is 1.43. The first kappa shape index (κ1) is 14.5. The van der Waals surface area contributed by atoms with Gasteiger partial charge in [-0.05, 0) is 20.3 Å². The molecular formula is C10H13F3N2O3. The number of barbiturate groups is 1. The molecule has 102 valence electrons. The quantitative estimate of drug-likeness (QED) is 0.786. The van der Waals surface area contributed by atoms with Gasteiger partial charge in [-0.3, -0.25) is 19.8 Å². The Morgan fingerprint density at radius 2 is 1.78 bits per heavy atom. The zero-order chi connectivity index (χ0) is 14.1. The summed E-state index contributed by atoms with van der Waals surface area (Å²) in [6.07, 6.45) is -5.80. The molecule has 18 heavy (non-hydrogen) atoms. The van der Waals surface area contributed by atoms with Gasteiger partial charge in [-0.1, -0.05) is 0 Å². The van der Waals surface area contributed by atoms with Crippen LogP contribution in [-0.2, 0) is 9.59 Å². The number of hydrogen-bond donors (Lipinski definition) is 1. The first-order chi connectivity index (χ1) is 8.05. The van der Waals surface area contributed by atoms with Crippen LogP contribution < -0.4 is 5.32 Å². The molecule has 0 spiro atoms. The lowest BCUT2D eigenvalue weighted by Gasteiger charge is -2.34. The number of urea groups is 1. The zero-order valence-electron chi connectivity index (χ0n) is 9.93. The number of alkyl halides is 3. The van der Waals surface area contributed by atoms with Crippen molar-refractivity contribution in [3.05, 3.63) is 0 Å². The Morgan fingerprint density at radius 1 is 1.22 bits per heavy atom. The van der Waals surface area contributed by atoms with Crippen molar-refractivity contribution < 1.29 is 27.6 Å². The first-order valence-electron chi connectivity index (χ1n) is 5.30. The monoisotopic (exact) mass is 266 g/mol. The number of hydrogen-bond acceptors (Lipinski definition) is 3. The van der Waals surface area contributed by atoms with Crippen molar-refractivity contribution in [1.82, 2.24) is 10.2 Å². The molecule has 0 aliphatic carbocycles. The van der Waals surface area contributed by atoms with Crippen LogP contribution in [0.1, 0.15) is 26.7 Å². The molecule has 1 rings (SSSR count). The Labute approximate surface area is 101 Å². The van der Waals surface area contributed by atoms with Gasteiger partial charge in [-0.25, -0.2) is 4.79 Å². The third kappa shape index (κ3) is 2.99. The van der Waals surface area contributed by atoms with E-state index in [1.54, 1.807) is 0 Å². The van der Waals surface area contributed by atoms with Crippen LogP contribution in [0.4, 0.5) is 18.0 Å². The summed E-state index contributed by atoms with van der Waals surface area (Å²) in [5.41, 5.74) is -1.44. The van der Waals surface area contributed by atoms with Crippen LogP contribution in [0.2, 0.25) is 0 Å². The second-order valence-electron chi connectivity index (χ2n) is 4.56. The molecule has 4 amide bonds. The van der Waals surface area contributed by atoms with Crippen molar-refractivity contribution in [1.29, 1.82) is 0 Å². The molecule has 1 aliphatic rings. The molecule has 1 saturated heterocycles. The van der Waals surface area contributed by atoms with Crippen molar-refractivity contribution >= 4 is 17.8 Å². The van der Waals surface area contributed by atoms with E-state index >= 15 is 0 Å². The Hall–Kier alpha value is -1.60. The van der Waals surface area contributed by atoms with Crippen molar-refractivity contribution in [2.24, 2.45) is 5.41 Å². The van der Waals surface area contributed by atoms with E-state index in [1.807, 2.05) is 5.32 Å². The molecule has 0 aromatic carbocycles. The molecule has 0 atom stereocenters. The zero-order valence-corrected chi connectivity index (χ0v) is 9.93. The number of rotatable bonds is 3. The number of imide groups is 2. The Bertz CT molecular complexity index is 390. The summed E-state index contributed by atoms with van der Waals surface area (Å²) >= 11 is 0. The number of nitrogens with zero attached hydrogens (tertiary/aromatic N) is 1. The molecule has 8 heteroatoms. The van der Waals surface area contributed by atoms with Crippen LogP contribution in [0.15, 0.2) is 0 Å². The number of carbonyl (C=O) groups is 3. The SMILES string of the molecule is CC1(C)C(=O)NC(=O)N(CCCC(F)(F)F)C1=O. The molecule has 1 fully saturated rings. The van der Waals surface area contributed by atoms with Crippen molar-refractivity contribution in [3.63, 3.8) is 0 Å². The number of carbonyl (C=O) groups excluding carboxylic acids is 3. The van der Waals surface area contributed by atoms with Gasteiger partial charge < -0.3 is 0 Å². The highest BCUT2D eigenvalue weighted by Gasteiger charge is 2.46. The second kappa shape index (κ2) is 4.58. The molecule has 0 saturated carbocycles. The number of amides is 4. The fourth-order valence-electron chi connectivity index (χ4n) is 1.49. The molecule has 5 nitrogen and oxygen atoms in total. The fraction of sp³-hybridized carbons (Fsp3) is 0.700. The molecule has 0 aromatic rings. The van der Waals surface area contributed by atoms with E-state index < -0.39 is 35.9 Å². The fourth-order valence-corrected chi connectivity index (χ4v) is 1.49. The lowest BCUT2D eigenvalue weighted by Crippen LogP contribution is -2.61. The van der Waals surface area contributed by atoms with Crippen LogP contribution in [0, 0.1) is 5.41 Å². The van der Waals surface area contributed by atoms with Crippen LogP contribution in [0.25, 0.3) is 0 Å². The van der Waals surface area contributed by atoms with E-state index in [2.05, 4.69) is 0 Å². The summed E-state index contributed by atoms with van der Waals surface area (Å²) < 4.78 is 35.9. The van der Waals surface area contributed by atoms with Gasteiger partial charge in [0, 0.05) is 13.0 Å². The van der Waals surface area contributed by atoms with Gasteiger partial charge in [0.15, 0.2) is 0 Å². The van der Waals surface area contributed by atoms with Crippen LogP contribution in [-0.4, -0.2) is 35.5 Å². The summed E-state index contributed by atoms with van der Waals surface area (Å²) in [4.78, 5) is 35.1. The Kier molecular flexibility index (Phi) is 3.68. The minimum atomic E-state index is -4.33. The van der Waals surface area contributed by atoms with Gasteiger partial charge in [0.05, 0.1) is 0 Å². The average molecular weight is 266 g/mol. The maximum Gasteiger partial charge on any atom is 0.389 e. The summed E-state index contributed by atoms with van der Waals surface area (Å²) in [6, 6.07) is -0.966. The summed E-state index contributed by atoms with van der Waals surface area (Å²) in [7, 11) is 0. The average Bonchev–Trinajstić information content (AvgIpc) is 2.19. The molecular weight excluding hydrogens is 253 g/mol. The highest BCUT2D eigenvalue weighted by molar-refractivity contribution is 6.18. The van der Waals surface area contributed by atoms with Crippen molar-refractivity contribution in [2.45, 2.75) is 32.9 Å². The highest BCUT2D eigenvalue weighted by atomic mass is 19.4. The van der Waals surface area contributed by atoms with Crippen molar-refractivity contribution in [3.8, 4) is 0 Å². The van der Waals surface area contributed by atoms with E-state index in [0.29, 0.717) is 4.90 Å². The molecule has 1 N–H and O–H groups in total. The summed E-state index contributed by atoms with van der Waals surface area (Å²) in [5, 5.41) is 1.94. The Balaban J connectivity index is 2.68.